The highest BCUT2D eigenvalue weighted by atomic mass is 16.5. The van der Waals surface area contributed by atoms with Crippen LogP contribution in [0.15, 0.2) is 24.3 Å². The van der Waals surface area contributed by atoms with Gasteiger partial charge >= 0.3 is 0 Å². The Morgan fingerprint density at radius 2 is 1.74 bits per heavy atom. The summed E-state index contributed by atoms with van der Waals surface area (Å²) in [6.45, 7) is 10.7. The third-order valence-corrected chi connectivity index (χ3v) is 3.34. The van der Waals surface area contributed by atoms with Crippen molar-refractivity contribution < 1.29 is 4.74 Å². The van der Waals surface area contributed by atoms with Crippen molar-refractivity contribution in [2.75, 3.05) is 0 Å². The number of rotatable bonds is 6. The maximum absolute atomic E-state index is 6.07. The summed E-state index contributed by atoms with van der Waals surface area (Å²) in [5.41, 5.74) is 7.46. The SMILES string of the molecule is CCCCc1ccc(OC(C(C)N)C(C)(C)C)cc1. The second-order valence-corrected chi connectivity index (χ2v) is 6.51. The van der Waals surface area contributed by atoms with Gasteiger partial charge in [0.25, 0.3) is 0 Å². The van der Waals surface area contributed by atoms with Crippen LogP contribution >= 0.6 is 0 Å². The van der Waals surface area contributed by atoms with Crippen molar-refractivity contribution in [2.45, 2.75) is 66.0 Å². The summed E-state index contributed by atoms with van der Waals surface area (Å²) in [6.07, 6.45) is 3.64. The summed E-state index contributed by atoms with van der Waals surface area (Å²) in [7, 11) is 0. The van der Waals surface area contributed by atoms with Gasteiger partial charge in [-0.15, -0.1) is 0 Å². The molecule has 0 radical (unpaired) electrons. The molecule has 2 nitrogen and oxygen atoms in total. The van der Waals surface area contributed by atoms with Crippen LogP contribution < -0.4 is 10.5 Å². The molecular formula is C17H29NO. The standard InChI is InChI=1S/C17H29NO/c1-6-7-8-14-9-11-15(12-10-14)19-16(13(2)18)17(3,4)5/h9-13,16H,6-8,18H2,1-5H3. The first-order chi connectivity index (χ1) is 8.84. The van der Waals surface area contributed by atoms with E-state index in [1.165, 1.54) is 18.4 Å². The lowest BCUT2D eigenvalue weighted by molar-refractivity contribution is 0.0684. The van der Waals surface area contributed by atoms with Crippen molar-refractivity contribution in [1.29, 1.82) is 0 Å². The first kappa shape index (κ1) is 16.0. The van der Waals surface area contributed by atoms with E-state index in [-0.39, 0.29) is 17.6 Å². The summed E-state index contributed by atoms with van der Waals surface area (Å²) < 4.78 is 6.07. The third kappa shape index (κ3) is 5.23. The van der Waals surface area contributed by atoms with Crippen molar-refractivity contribution in [3.8, 4) is 5.75 Å². The van der Waals surface area contributed by atoms with Crippen LogP contribution in [0.2, 0.25) is 0 Å². The van der Waals surface area contributed by atoms with Gasteiger partial charge in [-0.2, -0.15) is 0 Å². The Kier molecular flexibility index (Phi) is 5.86. The number of unbranched alkanes of at least 4 members (excludes halogenated alkanes) is 1. The molecule has 108 valence electrons. The molecule has 0 bridgehead atoms. The number of benzene rings is 1. The zero-order valence-corrected chi connectivity index (χ0v) is 13.1. The average molecular weight is 263 g/mol. The molecular weight excluding hydrogens is 234 g/mol. The molecule has 2 atom stereocenters. The lowest BCUT2D eigenvalue weighted by Gasteiger charge is -2.34. The molecule has 0 saturated heterocycles. The number of hydrogen-bond donors (Lipinski definition) is 1. The molecule has 0 aliphatic carbocycles. The van der Waals surface area contributed by atoms with Crippen molar-refractivity contribution in [3.63, 3.8) is 0 Å². The minimum Gasteiger partial charge on any atom is -0.488 e. The highest BCUT2D eigenvalue weighted by Gasteiger charge is 2.29. The van der Waals surface area contributed by atoms with E-state index in [0.29, 0.717) is 0 Å². The van der Waals surface area contributed by atoms with E-state index >= 15 is 0 Å². The molecule has 0 heterocycles. The van der Waals surface area contributed by atoms with Crippen LogP contribution in [-0.2, 0) is 6.42 Å². The summed E-state index contributed by atoms with van der Waals surface area (Å²) in [6, 6.07) is 8.45. The van der Waals surface area contributed by atoms with Gasteiger partial charge in [0.15, 0.2) is 0 Å². The molecule has 0 amide bonds. The van der Waals surface area contributed by atoms with Gasteiger partial charge in [-0.05, 0) is 37.5 Å². The van der Waals surface area contributed by atoms with Crippen LogP contribution in [0.1, 0.15) is 53.0 Å². The lowest BCUT2D eigenvalue weighted by atomic mass is 9.85. The van der Waals surface area contributed by atoms with Crippen LogP contribution in [-0.4, -0.2) is 12.1 Å². The predicted molar refractivity (Wildman–Crippen MR) is 82.6 cm³/mol. The quantitative estimate of drug-likeness (QED) is 0.836. The Labute approximate surface area is 118 Å². The molecule has 1 aromatic rings. The van der Waals surface area contributed by atoms with E-state index in [9.17, 15) is 0 Å². The zero-order valence-electron chi connectivity index (χ0n) is 13.1. The Morgan fingerprint density at radius 1 is 1.16 bits per heavy atom. The van der Waals surface area contributed by atoms with Crippen molar-refractivity contribution >= 4 is 0 Å². The second-order valence-electron chi connectivity index (χ2n) is 6.51. The van der Waals surface area contributed by atoms with Crippen LogP contribution in [0.4, 0.5) is 0 Å². The van der Waals surface area contributed by atoms with E-state index in [0.717, 1.165) is 12.2 Å². The maximum Gasteiger partial charge on any atom is 0.119 e. The van der Waals surface area contributed by atoms with Gasteiger partial charge < -0.3 is 10.5 Å². The van der Waals surface area contributed by atoms with Gasteiger partial charge in [0.2, 0.25) is 0 Å². The smallest absolute Gasteiger partial charge is 0.119 e. The molecule has 0 aromatic heterocycles. The minimum atomic E-state index is 0.0137. The molecule has 0 aliphatic heterocycles. The Balaban J connectivity index is 2.70. The van der Waals surface area contributed by atoms with E-state index < -0.39 is 0 Å². The number of hydrogen-bond acceptors (Lipinski definition) is 2. The fraction of sp³-hybridized carbons (Fsp3) is 0.647. The summed E-state index contributed by atoms with van der Waals surface area (Å²) in [5.74, 6) is 0.914. The molecule has 2 heteroatoms. The van der Waals surface area contributed by atoms with E-state index in [1.807, 2.05) is 6.92 Å². The average Bonchev–Trinajstić information content (AvgIpc) is 2.33. The minimum absolute atomic E-state index is 0.0137. The zero-order chi connectivity index (χ0) is 14.5. The molecule has 0 aliphatic rings. The Bertz CT molecular complexity index is 362. The molecule has 0 fully saturated rings. The molecule has 1 aromatic carbocycles. The van der Waals surface area contributed by atoms with Gasteiger partial charge in [0.1, 0.15) is 11.9 Å². The molecule has 1 rings (SSSR count). The Morgan fingerprint density at radius 3 is 2.16 bits per heavy atom. The molecule has 0 spiro atoms. The highest BCUT2D eigenvalue weighted by molar-refractivity contribution is 5.27. The van der Waals surface area contributed by atoms with Crippen LogP contribution in [0.25, 0.3) is 0 Å². The van der Waals surface area contributed by atoms with Crippen molar-refractivity contribution in [1.82, 2.24) is 0 Å². The van der Waals surface area contributed by atoms with Gasteiger partial charge in [-0.1, -0.05) is 46.2 Å². The van der Waals surface area contributed by atoms with Crippen LogP contribution in [0.5, 0.6) is 5.75 Å². The van der Waals surface area contributed by atoms with Crippen LogP contribution in [0, 0.1) is 5.41 Å². The molecule has 0 saturated carbocycles. The second kappa shape index (κ2) is 6.95. The highest BCUT2D eigenvalue weighted by Crippen LogP contribution is 2.27. The Hall–Kier alpha value is -1.02. The topological polar surface area (TPSA) is 35.2 Å². The van der Waals surface area contributed by atoms with Gasteiger partial charge in [-0.25, -0.2) is 0 Å². The van der Waals surface area contributed by atoms with E-state index in [1.54, 1.807) is 0 Å². The van der Waals surface area contributed by atoms with Crippen molar-refractivity contribution in [3.05, 3.63) is 29.8 Å². The summed E-state index contributed by atoms with van der Waals surface area (Å²) in [4.78, 5) is 0. The van der Waals surface area contributed by atoms with Gasteiger partial charge in [-0.3, -0.25) is 0 Å². The normalized spacial score (nSPS) is 15.1. The third-order valence-electron chi connectivity index (χ3n) is 3.34. The van der Waals surface area contributed by atoms with Crippen LogP contribution in [0.3, 0.4) is 0 Å². The fourth-order valence-corrected chi connectivity index (χ4v) is 2.33. The molecule has 2 N–H and O–H groups in total. The van der Waals surface area contributed by atoms with Gasteiger partial charge in [0, 0.05) is 11.5 Å². The molecule has 2 unspecified atom stereocenters. The number of aryl methyl sites for hydroxylation is 1. The lowest BCUT2D eigenvalue weighted by Crippen LogP contribution is -2.45. The number of ether oxygens (including phenoxy) is 1. The first-order valence-electron chi connectivity index (χ1n) is 7.35. The first-order valence-corrected chi connectivity index (χ1v) is 7.35. The number of nitrogens with two attached hydrogens (primary N) is 1. The predicted octanol–water partition coefficient (Wildman–Crippen LogP) is 4.17. The van der Waals surface area contributed by atoms with E-state index in [2.05, 4.69) is 52.0 Å². The summed E-state index contributed by atoms with van der Waals surface area (Å²) in [5, 5.41) is 0. The fourth-order valence-electron chi connectivity index (χ4n) is 2.33. The monoisotopic (exact) mass is 263 g/mol. The summed E-state index contributed by atoms with van der Waals surface area (Å²) >= 11 is 0. The van der Waals surface area contributed by atoms with Crippen molar-refractivity contribution in [2.24, 2.45) is 11.1 Å². The maximum atomic E-state index is 6.07. The van der Waals surface area contributed by atoms with Gasteiger partial charge in [0.05, 0.1) is 0 Å². The van der Waals surface area contributed by atoms with E-state index in [4.69, 9.17) is 10.5 Å². The largest absolute Gasteiger partial charge is 0.488 e. The molecule has 19 heavy (non-hydrogen) atoms.